The van der Waals surface area contributed by atoms with Crippen LogP contribution < -0.4 is 5.73 Å². The van der Waals surface area contributed by atoms with Crippen molar-refractivity contribution in [1.29, 1.82) is 0 Å². The van der Waals surface area contributed by atoms with E-state index in [0.717, 1.165) is 5.92 Å². The number of nitrogens with two attached hydrogens (primary N) is 1. The van der Waals surface area contributed by atoms with Crippen LogP contribution in [0.4, 0.5) is 0 Å². The van der Waals surface area contributed by atoms with Crippen molar-refractivity contribution in [1.82, 2.24) is 0 Å². The van der Waals surface area contributed by atoms with Crippen LogP contribution in [0, 0.1) is 5.92 Å². The van der Waals surface area contributed by atoms with Gasteiger partial charge in [-0.2, -0.15) is 0 Å². The lowest BCUT2D eigenvalue weighted by Crippen LogP contribution is -2.18. The minimum Gasteiger partial charge on any atom is -0.325 e. The second-order valence-electron chi connectivity index (χ2n) is 2.82. The standard InChI is InChI=1S/C6H13N/c1-3-5-4-6(5,2)7/h5H,3-4,7H2,1-2H3/t5?,6-/m1/s1. The highest BCUT2D eigenvalue weighted by Gasteiger charge is 2.44. The molecular formula is C6H13N. The fraction of sp³-hybridized carbons (Fsp3) is 1.00. The molecule has 0 aromatic carbocycles. The van der Waals surface area contributed by atoms with Crippen LogP contribution in [0.3, 0.4) is 0 Å². The fourth-order valence-electron chi connectivity index (χ4n) is 1.08. The monoisotopic (exact) mass is 99.1 g/mol. The molecule has 1 rings (SSSR count). The average Bonchev–Trinajstić information content (AvgIpc) is 2.13. The summed E-state index contributed by atoms with van der Waals surface area (Å²) in [5, 5.41) is 0. The summed E-state index contributed by atoms with van der Waals surface area (Å²) < 4.78 is 0. The summed E-state index contributed by atoms with van der Waals surface area (Å²) in [7, 11) is 0. The van der Waals surface area contributed by atoms with Crippen molar-refractivity contribution in [2.75, 3.05) is 0 Å². The van der Waals surface area contributed by atoms with Gasteiger partial charge in [0.2, 0.25) is 0 Å². The molecule has 1 saturated carbocycles. The Morgan fingerprint density at radius 1 is 1.86 bits per heavy atom. The first kappa shape index (κ1) is 5.10. The quantitative estimate of drug-likeness (QED) is 0.524. The third-order valence-corrected chi connectivity index (χ3v) is 1.95. The normalized spacial score (nSPS) is 49.3. The predicted molar refractivity (Wildman–Crippen MR) is 31.0 cm³/mol. The Labute approximate surface area is 44.9 Å². The summed E-state index contributed by atoms with van der Waals surface area (Å²) in [4.78, 5) is 0. The highest BCUT2D eigenvalue weighted by Crippen LogP contribution is 2.42. The zero-order valence-corrected chi connectivity index (χ0v) is 5.07. The first-order chi connectivity index (χ1) is 3.17. The van der Waals surface area contributed by atoms with Crippen molar-refractivity contribution in [3.8, 4) is 0 Å². The van der Waals surface area contributed by atoms with E-state index >= 15 is 0 Å². The van der Waals surface area contributed by atoms with Crippen molar-refractivity contribution in [2.45, 2.75) is 32.2 Å². The minimum absolute atomic E-state index is 0.217. The fourth-order valence-corrected chi connectivity index (χ4v) is 1.08. The van der Waals surface area contributed by atoms with Gasteiger partial charge >= 0.3 is 0 Å². The van der Waals surface area contributed by atoms with Gasteiger partial charge in [-0.3, -0.25) is 0 Å². The lowest BCUT2D eigenvalue weighted by molar-refractivity contribution is 0.633. The zero-order chi connectivity index (χ0) is 5.49. The molecule has 0 aliphatic heterocycles. The summed E-state index contributed by atoms with van der Waals surface area (Å²) in [5.74, 6) is 0.826. The molecular weight excluding hydrogens is 86.1 g/mol. The molecule has 0 spiro atoms. The number of rotatable bonds is 1. The minimum atomic E-state index is 0.217. The molecule has 1 aliphatic carbocycles. The van der Waals surface area contributed by atoms with Crippen LogP contribution in [-0.4, -0.2) is 5.54 Å². The Morgan fingerprint density at radius 2 is 2.29 bits per heavy atom. The van der Waals surface area contributed by atoms with Crippen LogP contribution in [0.2, 0.25) is 0 Å². The van der Waals surface area contributed by atoms with Gasteiger partial charge in [-0.05, 0) is 19.3 Å². The molecule has 0 aromatic heterocycles. The molecule has 0 saturated heterocycles. The van der Waals surface area contributed by atoms with Gasteiger partial charge in [-0.1, -0.05) is 13.3 Å². The lowest BCUT2D eigenvalue weighted by atomic mass is 10.2. The van der Waals surface area contributed by atoms with Gasteiger partial charge in [0.15, 0.2) is 0 Å². The van der Waals surface area contributed by atoms with Gasteiger partial charge < -0.3 is 5.73 Å². The van der Waals surface area contributed by atoms with Crippen LogP contribution in [0.25, 0.3) is 0 Å². The molecule has 0 amide bonds. The van der Waals surface area contributed by atoms with E-state index in [0.29, 0.717) is 0 Å². The van der Waals surface area contributed by atoms with E-state index < -0.39 is 0 Å². The summed E-state index contributed by atoms with van der Waals surface area (Å²) >= 11 is 0. The molecule has 1 fully saturated rings. The molecule has 7 heavy (non-hydrogen) atoms. The van der Waals surface area contributed by atoms with Gasteiger partial charge in [0.25, 0.3) is 0 Å². The van der Waals surface area contributed by atoms with E-state index in [9.17, 15) is 0 Å². The van der Waals surface area contributed by atoms with E-state index in [2.05, 4.69) is 13.8 Å². The second-order valence-corrected chi connectivity index (χ2v) is 2.82. The third kappa shape index (κ3) is 0.778. The van der Waals surface area contributed by atoms with E-state index in [4.69, 9.17) is 5.73 Å². The Kier molecular flexibility index (Phi) is 0.890. The van der Waals surface area contributed by atoms with Crippen LogP contribution >= 0.6 is 0 Å². The number of hydrogen-bond acceptors (Lipinski definition) is 1. The summed E-state index contributed by atoms with van der Waals surface area (Å²) in [6, 6.07) is 0. The maximum atomic E-state index is 5.72. The molecule has 0 bridgehead atoms. The summed E-state index contributed by atoms with van der Waals surface area (Å²) in [5.41, 5.74) is 5.94. The van der Waals surface area contributed by atoms with Crippen LogP contribution in [-0.2, 0) is 0 Å². The SMILES string of the molecule is CCC1C[C@@]1(C)N. The molecule has 1 unspecified atom stereocenters. The largest absolute Gasteiger partial charge is 0.325 e. The Morgan fingerprint density at radius 3 is 2.29 bits per heavy atom. The second kappa shape index (κ2) is 1.22. The molecule has 2 N–H and O–H groups in total. The van der Waals surface area contributed by atoms with Crippen LogP contribution in [0.1, 0.15) is 26.7 Å². The molecule has 0 radical (unpaired) electrons. The molecule has 1 heteroatoms. The molecule has 0 heterocycles. The van der Waals surface area contributed by atoms with E-state index in [1.165, 1.54) is 12.8 Å². The topological polar surface area (TPSA) is 26.0 Å². The van der Waals surface area contributed by atoms with E-state index in [1.807, 2.05) is 0 Å². The van der Waals surface area contributed by atoms with Crippen LogP contribution in [0.5, 0.6) is 0 Å². The number of hydrogen-bond donors (Lipinski definition) is 1. The smallest absolute Gasteiger partial charge is 0.0158 e. The molecule has 2 atom stereocenters. The van der Waals surface area contributed by atoms with Crippen molar-refractivity contribution < 1.29 is 0 Å². The average molecular weight is 99.2 g/mol. The summed E-state index contributed by atoms with van der Waals surface area (Å²) in [6.07, 6.45) is 2.50. The maximum Gasteiger partial charge on any atom is 0.0158 e. The van der Waals surface area contributed by atoms with Gasteiger partial charge in [0, 0.05) is 5.54 Å². The van der Waals surface area contributed by atoms with Gasteiger partial charge in [0.05, 0.1) is 0 Å². The Bertz CT molecular complexity index is 76.2. The van der Waals surface area contributed by atoms with Gasteiger partial charge in [-0.15, -0.1) is 0 Å². The molecule has 42 valence electrons. The Balaban J connectivity index is 2.30. The van der Waals surface area contributed by atoms with Crippen molar-refractivity contribution in [3.63, 3.8) is 0 Å². The van der Waals surface area contributed by atoms with Crippen molar-refractivity contribution in [3.05, 3.63) is 0 Å². The first-order valence-corrected chi connectivity index (χ1v) is 2.95. The van der Waals surface area contributed by atoms with E-state index in [-0.39, 0.29) is 5.54 Å². The Hall–Kier alpha value is -0.0400. The highest BCUT2D eigenvalue weighted by atomic mass is 14.8. The highest BCUT2D eigenvalue weighted by molar-refractivity contribution is 5.02. The zero-order valence-electron chi connectivity index (χ0n) is 5.07. The van der Waals surface area contributed by atoms with Gasteiger partial charge in [-0.25, -0.2) is 0 Å². The van der Waals surface area contributed by atoms with Gasteiger partial charge in [0.1, 0.15) is 0 Å². The lowest BCUT2D eigenvalue weighted by Gasteiger charge is -1.96. The van der Waals surface area contributed by atoms with Crippen molar-refractivity contribution in [2.24, 2.45) is 11.7 Å². The predicted octanol–water partition coefficient (Wildman–Crippen LogP) is 1.13. The molecule has 1 nitrogen and oxygen atoms in total. The maximum absolute atomic E-state index is 5.72. The van der Waals surface area contributed by atoms with Crippen molar-refractivity contribution >= 4 is 0 Å². The molecule has 1 aliphatic rings. The van der Waals surface area contributed by atoms with E-state index in [1.54, 1.807) is 0 Å². The first-order valence-electron chi connectivity index (χ1n) is 2.95. The summed E-state index contributed by atoms with van der Waals surface area (Å²) in [6.45, 7) is 4.32. The third-order valence-electron chi connectivity index (χ3n) is 1.95. The van der Waals surface area contributed by atoms with Crippen LogP contribution in [0.15, 0.2) is 0 Å². The molecule has 0 aromatic rings.